The molecule has 0 unspecified atom stereocenters. The predicted molar refractivity (Wildman–Crippen MR) is 70.8 cm³/mol. The van der Waals surface area contributed by atoms with Gasteiger partial charge in [0.1, 0.15) is 0 Å². The number of thiophene rings is 1. The fraction of sp³-hybridized carbons (Fsp3) is 0.500. The molecule has 1 heterocycles. The van der Waals surface area contributed by atoms with E-state index in [1.54, 1.807) is 25.4 Å². The molecule has 90 valence electrons. The van der Waals surface area contributed by atoms with E-state index in [0.717, 1.165) is 16.9 Å². The summed E-state index contributed by atoms with van der Waals surface area (Å²) in [6.07, 6.45) is 0. The van der Waals surface area contributed by atoms with E-state index in [9.17, 15) is 4.79 Å². The van der Waals surface area contributed by atoms with Crippen molar-refractivity contribution in [3.63, 3.8) is 0 Å². The van der Waals surface area contributed by atoms with Crippen LogP contribution >= 0.6 is 27.3 Å². The monoisotopic (exact) mass is 305 g/mol. The van der Waals surface area contributed by atoms with Crippen LogP contribution in [-0.4, -0.2) is 38.1 Å². The molecule has 0 bridgehead atoms. The predicted octanol–water partition coefficient (Wildman–Crippen LogP) is 1.87. The van der Waals surface area contributed by atoms with Gasteiger partial charge in [-0.2, -0.15) is 0 Å². The van der Waals surface area contributed by atoms with Gasteiger partial charge >= 0.3 is 6.03 Å². The highest BCUT2D eigenvalue weighted by Crippen LogP contribution is 2.21. The SMILES string of the molecule is CN(C)C(=O)NCCNCc1ccc(Br)s1. The van der Waals surface area contributed by atoms with Crippen molar-refractivity contribution in [1.82, 2.24) is 15.5 Å². The maximum atomic E-state index is 11.2. The van der Waals surface area contributed by atoms with Crippen LogP contribution in [-0.2, 0) is 6.54 Å². The molecule has 1 aromatic heterocycles. The second-order valence-corrected chi connectivity index (χ2v) is 6.06. The van der Waals surface area contributed by atoms with Crippen LogP contribution < -0.4 is 10.6 Å². The van der Waals surface area contributed by atoms with E-state index in [1.165, 1.54) is 9.78 Å². The summed E-state index contributed by atoms with van der Waals surface area (Å²) in [5.74, 6) is 0. The molecule has 0 saturated heterocycles. The number of hydrogen-bond donors (Lipinski definition) is 2. The number of hydrogen-bond acceptors (Lipinski definition) is 3. The first-order chi connectivity index (χ1) is 7.59. The second-order valence-electron chi connectivity index (χ2n) is 3.51. The third-order valence-electron chi connectivity index (χ3n) is 1.91. The highest BCUT2D eigenvalue weighted by molar-refractivity contribution is 9.11. The minimum Gasteiger partial charge on any atom is -0.337 e. The van der Waals surface area contributed by atoms with Crippen molar-refractivity contribution in [3.8, 4) is 0 Å². The molecule has 0 aliphatic rings. The quantitative estimate of drug-likeness (QED) is 0.816. The van der Waals surface area contributed by atoms with E-state index in [4.69, 9.17) is 0 Å². The Morgan fingerprint density at radius 1 is 1.44 bits per heavy atom. The van der Waals surface area contributed by atoms with Gasteiger partial charge in [0.25, 0.3) is 0 Å². The fourth-order valence-electron chi connectivity index (χ4n) is 1.07. The van der Waals surface area contributed by atoms with Gasteiger partial charge in [-0.05, 0) is 28.1 Å². The van der Waals surface area contributed by atoms with E-state index < -0.39 is 0 Å². The lowest BCUT2D eigenvalue weighted by Crippen LogP contribution is -2.38. The molecular weight excluding hydrogens is 290 g/mol. The van der Waals surface area contributed by atoms with E-state index in [0.29, 0.717) is 6.54 Å². The summed E-state index contributed by atoms with van der Waals surface area (Å²) in [7, 11) is 3.46. The Labute approximate surface area is 108 Å². The topological polar surface area (TPSA) is 44.4 Å². The van der Waals surface area contributed by atoms with Gasteiger partial charge in [0, 0.05) is 38.6 Å². The second kappa shape index (κ2) is 6.88. The Morgan fingerprint density at radius 2 is 2.19 bits per heavy atom. The highest BCUT2D eigenvalue weighted by Gasteiger charge is 2.01. The van der Waals surface area contributed by atoms with E-state index in [2.05, 4.69) is 32.6 Å². The van der Waals surface area contributed by atoms with E-state index in [-0.39, 0.29) is 6.03 Å². The van der Waals surface area contributed by atoms with Crippen molar-refractivity contribution in [2.75, 3.05) is 27.2 Å². The number of amides is 2. The standard InChI is InChI=1S/C10H16BrN3OS/c1-14(2)10(15)13-6-5-12-7-8-3-4-9(11)16-8/h3-4,12H,5-7H2,1-2H3,(H,13,15). The van der Waals surface area contributed by atoms with Gasteiger partial charge in [-0.15, -0.1) is 11.3 Å². The van der Waals surface area contributed by atoms with E-state index in [1.807, 2.05) is 6.07 Å². The molecule has 0 fully saturated rings. The average molecular weight is 306 g/mol. The molecule has 6 heteroatoms. The molecule has 0 spiro atoms. The normalized spacial score (nSPS) is 10.2. The van der Waals surface area contributed by atoms with E-state index >= 15 is 0 Å². The number of urea groups is 1. The Hall–Kier alpha value is -0.590. The highest BCUT2D eigenvalue weighted by atomic mass is 79.9. The summed E-state index contributed by atoms with van der Waals surface area (Å²) in [6.45, 7) is 2.26. The molecule has 0 aliphatic heterocycles. The third-order valence-corrected chi connectivity index (χ3v) is 3.54. The van der Waals surface area contributed by atoms with Gasteiger partial charge in [-0.25, -0.2) is 4.79 Å². The van der Waals surface area contributed by atoms with Crippen LogP contribution in [0.2, 0.25) is 0 Å². The summed E-state index contributed by atoms with van der Waals surface area (Å²) < 4.78 is 1.14. The summed E-state index contributed by atoms with van der Waals surface area (Å²) in [5.41, 5.74) is 0. The first-order valence-corrected chi connectivity index (χ1v) is 6.60. The Balaban J connectivity index is 2.06. The number of nitrogens with one attached hydrogen (secondary N) is 2. The van der Waals surface area contributed by atoms with Crippen LogP contribution in [0.5, 0.6) is 0 Å². The Morgan fingerprint density at radius 3 is 2.75 bits per heavy atom. The molecule has 4 nitrogen and oxygen atoms in total. The molecular formula is C10H16BrN3OS. The van der Waals surface area contributed by atoms with Crippen LogP contribution in [0.3, 0.4) is 0 Å². The number of carbonyl (C=O) groups is 1. The summed E-state index contributed by atoms with van der Waals surface area (Å²) >= 11 is 5.13. The zero-order chi connectivity index (χ0) is 12.0. The van der Waals surface area contributed by atoms with Gasteiger partial charge in [0.05, 0.1) is 3.79 Å². The maximum Gasteiger partial charge on any atom is 0.316 e. The average Bonchev–Trinajstić information content (AvgIpc) is 2.63. The minimum atomic E-state index is -0.0549. The van der Waals surface area contributed by atoms with Gasteiger partial charge in [0.15, 0.2) is 0 Å². The minimum absolute atomic E-state index is 0.0549. The van der Waals surface area contributed by atoms with Crippen LogP contribution in [0.1, 0.15) is 4.88 Å². The molecule has 2 N–H and O–H groups in total. The summed E-state index contributed by atoms with van der Waals surface area (Å²) in [4.78, 5) is 14.0. The number of nitrogens with zero attached hydrogens (tertiary/aromatic N) is 1. The lowest BCUT2D eigenvalue weighted by molar-refractivity contribution is 0.217. The molecule has 16 heavy (non-hydrogen) atoms. The number of carbonyl (C=O) groups excluding carboxylic acids is 1. The van der Waals surface area contributed by atoms with Crippen molar-refractivity contribution in [3.05, 3.63) is 20.8 Å². The zero-order valence-electron chi connectivity index (χ0n) is 9.42. The largest absolute Gasteiger partial charge is 0.337 e. The summed E-state index contributed by atoms with van der Waals surface area (Å²) in [5, 5.41) is 6.06. The Bertz CT molecular complexity index is 341. The van der Waals surface area contributed by atoms with Gasteiger partial charge in [-0.1, -0.05) is 0 Å². The van der Waals surface area contributed by atoms with Crippen molar-refractivity contribution in [2.24, 2.45) is 0 Å². The first-order valence-electron chi connectivity index (χ1n) is 4.99. The lowest BCUT2D eigenvalue weighted by atomic mass is 10.4. The molecule has 0 aliphatic carbocycles. The number of halogens is 1. The maximum absolute atomic E-state index is 11.2. The molecule has 2 amide bonds. The van der Waals surface area contributed by atoms with Gasteiger partial charge in [0.2, 0.25) is 0 Å². The van der Waals surface area contributed by atoms with Crippen LogP contribution in [0.15, 0.2) is 15.9 Å². The number of rotatable bonds is 5. The lowest BCUT2D eigenvalue weighted by Gasteiger charge is -2.11. The molecule has 0 saturated carbocycles. The zero-order valence-corrected chi connectivity index (χ0v) is 11.8. The fourth-order valence-corrected chi connectivity index (χ4v) is 2.53. The van der Waals surface area contributed by atoms with Crippen LogP contribution in [0.25, 0.3) is 0 Å². The molecule has 0 atom stereocenters. The molecule has 0 aromatic carbocycles. The van der Waals surface area contributed by atoms with Crippen molar-refractivity contribution >= 4 is 33.3 Å². The summed E-state index contributed by atoms with van der Waals surface area (Å²) in [6, 6.07) is 4.07. The smallest absolute Gasteiger partial charge is 0.316 e. The van der Waals surface area contributed by atoms with Crippen LogP contribution in [0, 0.1) is 0 Å². The third kappa shape index (κ3) is 4.96. The van der Waals surface area contributed by atoms with Crippen molar-refractivity contribution in [2.45, 2.75) is 6.54 Å². The molecule has 1 aromatic rings. The van der Waals surface area contributed by atoms with Crippen molar-refractivity contribution < 1.29 is 4.79 Å². The van der Waals surface area contributed by atoms with Crippen molar-refractivity contribution in [1.29, 1.82) is 0 Å². The first kappa shape index (κ1) is 13.5. The Kier molecular flexibility index (Phi) is 5.79. The molecule has 1 rings (SSSR count). The van der Waals surface area contributed by atoms with Gasteiger partial charge < -0.3 is 15.5 Å². The van der Waals surface area contributed by atoms with Gasteiger partial charge in [-0.3, -0.25) is 0 Å². The molecule has 0 radical (unpaired) electrons. The van der Waals surface area contributed by atoms with Crippen LogP contribution in [0.4, 0.5) is 4.79 Å².